The number of amides is 2. The zero-order chi connectivity index (χ0) is 33.2. The van der Waals surface area contributed by atoms with Crippen molar-refractivity contribution in [1.29, 1.82) is 0 Å². The number of aliphatic hydroxyl groups excluding tert-OH is 1. The summed E-state index contributed by atoms with van der Waals surface area (Å²) in [6, 6.07) is -0.301. The molecule has 242 valence electrons. The van der Waals surface area contributed by atoms with Gasteiger partial charge in [-0.2, -0.15) is 12.6 Å². The van der Waals surface area contributed by atoms with Gasteiger partial charge in [0.25, 0.3) is 5.91 Å². The van der Waals surface area contributed by atoms with E-state index in [0.717, 1.165) is 62.6 Å². The zero-order valence-corrected chi connectivity index (χ0v) is 27.1. The van der Waals surface area contributed by atoms with Crippen LogP contribution >= 0.6 is 12.6 Å². The Morgan fingerprint density at radius 1 is 0.956 bits per heavy atom. The Hall–Kier alpha value is -4.19. The van der Waals surface area contributed by atoms with Crippen LogP contribution in [0.2, 0.25) is 0 Å². The number of aromatic amines is 2. The number of carboxylic acid groups (broad SMARTS) is 2. The standard InChI is InChI=1S/C33H42N4O7S/c1-15-20(6-8-29(39)40)26(34-23(15)12-25-17(3)22(10-11-38)33(44)36-25)14-27-21(7-9-30(41)42)16(2)24(35-27)13-28-31(19(5)45)18(4)32(43)37-28/h10-11,13,18-19,25,31,34-35,38,45H,6-9,12,14H2,1-5H3,(H,36,44)(H,37,43)(H,39,40)(H,41,42)/b11-10+,28-13-/t18-,19-,25-,31+/m1/s1. The lowest BCUT2D eigenvalue weighted by atomic mass is 9.91. The highest BCUT2D eigenvalue weighted by Crippen LogP contribution is 2.35. The van der Waals surface area contributed by atoms with Crippen LogP contribution < -0.4 is 10.6 Å². The van der Waals surface area contributed by atoms with Gasteiger partial charge in [0, 0.05) is 76.8 Å². The molecule has 2 aliphatic rings. The number of thiol groups is 1. The molecular weight excluding hydrogens is 596 g/mol. The monoisotopic (exact) mass is 638 g/mol. The van der Waals surface area contributed by atoms with E-state index in [0.29, 0.717) is 31.3 Å². The van der Waals surface area contributed by atoms with Crippen LogP contribution in [0.25, 0.3) is 6.08 Å². The van der Waals surface area contributed by atoms with E-state index in [1.807, 2.05) is 40.7 Å². The number of carboxylic acids is 2. The largest absolute Gasteiger partial charge is 0.516 e. The van der Waals surface area contributed by atoms with E-state index in [2.05, 4.69) is 33.2 Å². The molecule has 4 heterocycles. The fourth-order valence-corrected chi connectivity index (χ4v) is 7.01. The van der Waals surface area contributed by atoms with Crippen LogP contribution in [0.4, 0.5) is 0 Å². The fourth-order valence-electron chi connectivity index (χ4n) is 6.59. The van der Waals surface area contributed by atoms with E-state index in [4.69, 9.17) is 0 Å². The lowest BCUT2D eigenvalue weighted by molar-refractivity contribution is -0.138. The lowest BCUT2D eigenvalue weighted by Crippen LogP contribution is -2.30. The van der Waals surface area contributed by atoms with E-state index in [1.165, 1.54) is 6.08 Å². The minimum Gasteiger partial charge on any atom is -0.516 e. The van der Waals surface area contributed by atoms with E-state index >= 15 is 0 Å². The van der Waals surface area contributed by atoms with Gasteiger partial charge in [-0.1, -0.05) is 13.8 Å². The Balaban J connectivity index is 1.75. The molecule has 2 aromatic rings. The number of carbonyl (C=O) groups excluding carboxylic acids is 2. The molecule has 4 rings (SSSR count). The first-order chi connectivity index (χ1) is 21.2. The van der Waals surface area contributed by atoms with Gasteiger partial charge in [0.15, 0.2) is 0 Å². The molecule has 0 aromatic carbocycles. The second kappa shape index (κ2) is 13.8. The number of aliphatic hydroxyl groups is 1. The van der Waals surface area contributed by atoms with E-state index in [1.54, 1.807) is 0 Å². The SMILES string of the molecule is CC1=C(/C=C/O)C(=O)N[C@@H]1Cc1[nH]c(Cc2[nH]c(/C=C3\NC(=O)[C@H](C)[C@H]3[C@@H](C)S)c(C)c2CCC(=O)O)c(CCC(=O)O)c1C. The van der Waals surface area contributed by atoms with E-state index in [9.17, 15) is 34.5 Å². The van der Waals surface area contributed by atoms with Gasteiger partial charge in [0.05, 0.1) is 12.3 Å². The van der Waals surface area contributed by atoms with Gasteiger partial charge in [0.2, 0.25) is 5.91 Å². The highest BCUT2D eigenvalue weighted by atomic mass is 32.1. The molecular formula is C33H42N4O7S. The molecule has 2 aromatic heterocycles. The Morgan fingerprint density at radius 2 is 1.56 bits per heavy atom. The van der Waals surface area contributed by atoms with Crippen LogP contribution in [0, 0.1) is 25.7 Å². The van der Waals surface area contributed by atoms with Gasteiger partial charge in [-0.15, -0.1) is 0 Å². The maximum Gasteiger partial charge on any atom is 0.303 e. The molecule has 0 bridgehead atoms. The third-order valence-electron chi connectivity index (χ3n) is 9.15. The predicted octanol–water partition coefficient (Wildman–Crippen LogP) is 4.06. The third kappa shape index (κ3) is 7.22. The molecule has 2 aliphatic heterocycles. The van der Waals surface area contributed by atoms with Crippen molar-refractivity contribution < 1.29 is 34.5 Å². The Kier molecular flexibility index (Phi) is 10.4. The number of H-pyrrole nitrogens is 2. The van der Waals surface area contributed by atoms with Crippen molar-refractivity contribution in [2.24, 2.45) is 11.8 Å². The Labute approximate surface area is 267 Å². The van der Waals surface area contributed by atoms with Crippen LogP contribution in [0.3, 0.4) is 0 Å². The van der Waals surface area contributed by atoms with E-state index < -0.39 is 11.9 Å². The molecule has 0 unspecified atom stereocenters. The first-order valence-electron chi connectivity index (χ1n) is 15.1. The van der Waals surface area contributed by atoms with Gasteiger partial charge in [-0.05, 0) is 73.6 Å². The van der Waals surface area contributed by atoms with Gasteiger partial charge < -0.3 is 35.9 Å². The van der Waals surface area contributed by atoms with E-state index in [-0.39, 0.29) is 47.8 Å². The summed E-state index contributed by atoms with van der Waals surface area (Å²) in [5.74, 6) is -2.51. The van der Waals surface area contributed by atoms with Crippen LogP contribution in [0.15, 0.2) is 29.2 Å². The highest BCUT2D eigenvalue weighted by molar-refractivity contribution is 7.80. The van der Waals surface area contributed by atoms with Crippen LogP contribution in [-0.4, -0.2) is 60.3 Å². The molecule has 4 atom stereocenters. The van der Waals surface area contributed by atoms with Gasteiger partial charge in [-0.3, -0.25) is 19.2 Å². The molecule has 0 radical (unpaired) electrons. The number of nitrogens with one attached hydrogen (secondary N) is 4. The molecule has 45 heavy (non-hydrogen) atoms. The summed E-state index contributed by atoms with van der Waals surface area (Å²) in [6.45, 7) is 9.52. The molecule has 2 amide bonds. The normalized spacial score (nSPS) is 21.6. The molecule has 0 spiro atoms. The fraction of sp³-hybridized carbons (Fsp3) is 0.455. The molecule has 7 N–H and O–H groups in total. The Morgan fingerprint density at radius 3 is 2.13 bits per heavy atom. The summed E-state index contributed by atoms with van der Waals surface area (Å²) in [6.07, 6.45) is 5.39. The smallest absolute Gasteiger partial charge is 0.303 e. The molecule has 0 saturated carbocycles. The zero-order valence-electron chi connectivity index (χ0n) is 26.2. The maximum absolute atomic E-state index is 12.5. The van der Waals surface area contributed by atoms with Crippen molar-refractivity contribution in [2.45, 2.75) is 84.4 Å². The van der Waals surface area contributed by atoms with Crippen molar-refractivity contribution in [3.05, 3.63) is 74.2 Å². The summed E-state index contributed by atoms with van der Waals surface area (Å²) >= 11 is 4.62. The molecule has 1 saturated heterocycles. The van der Waals surface area contributed by atoms with Gasteiger partial charge in [-0.25, -0.2) is 0 Å². The number of carbonyl (C=O) groups is 4. The van der Waals surface area contributed by atoms with Crippen molar-refractivity contribution in [3.63, 3.8) is 0 Å². The highest BCUT2D eigenvalue weighted by Gasteiger charge is 2.38. The van der Waals surface area contributed by atoms with Crippen LogP contribution in [-0.2, 0) is 44.9 Å². The predicted molar refractivity (Wildman–Crippen MR) is 173 cm³/mol. The van der Waals surface area contributed by atoms with Crippen molar-refractivity contribution in [2.75, 3.05) is 0 Å². The summed E-state index contributed by atoms with van der Waals surface area (Å²) in [5, 5.41) is 34.0. The summed E-state index contributed by atoms with van der Waals surface area (Å²) in [5.41, 5.74) is 8.72. The minimum atomic E-state index is -0.919. The third-order valence-corrected chi connectivity index (χ3v) is 9.48. The second-order valence-corrected chi connectivity index (χ2v) is 12.9. The number of aromatic nitrogens is 2. The molecule has 11 nitrogen and oxygen atoms in total. The number of allylic oxidation sites excluding steroid dienone is 1. The van der Waals surface area contributed by atoms with Gasteiger partial charge in [0.1, 0.15) is 0 Å². The quantitative estimate of drug-likeness (QED) is 0.120. The Bertz CT molecular complexity index is 1610. The first kappa shape index (κ1) is 33.7. The average Bonchev–Trinajstić information content (AvgIpc) is 3.60. The van der Waals surface area contributed by atoms with Gasteiger partial charge >= 0.3 is 11.9 Å². The number of hydrogen-bond donors (Lipinski definition) is 8. The molecule has 12 heteroatoms. The second-order valence-electron chi connectivity index (χ2n) is 12.1. The van der Waals surface area contributed by atoms with Crippen LogP contribution in [0.1, 0.15) is 78.6 Å². The van der Waals surface area contributed by atoms with Crippen LogP contribution in [0.5, 0.6) is 0 Å². The number of rotatable bonds is 13. The number of aliphatic carboxylic acids is 2. The number of hydrogen-bond acceptors (Lipinski definition) is 6. The molecule has 1 fully saturated rings. The summed E-state index contributed by atoms with van der Waals surface area (Å²) < 4.78 is 0. The average molecular weight is 639 g/mol. The molecule has 0 aliphatic carbocycles. The summed E-state index contributed by atoms with van der Waals surface area (Å²) in [4.78, 5) is 55.1. The summed E-state index contributed by atoms with van der Waals surface area (Å²) in [7, 11) is 0. The first-order valence-corrected chi connectivity index (χ1v) is 15.6. The van der Waals surface area contributed by atoms with Crippen molar-refractivity contribution in [1.82, 2.24) is 20.6 Å². The van der Waals surface area contributed by atoms with Crippen molar-refractivity contribution in [3.8, 4) is 0 Å². The minimum absolute atomic E-state index is 0.0652. The topological polar surface area (TPSA) is 185 Å². The maximum atomic E-state index is 12.5. The van der Waals surface area contributed by atoms with Crippen molar-refractivity contribution >= 4 is 42.5 Å². The lowest BCUT2D eigenvalue weighted by Gasteiger charge is -2.17.